The summed E-state index contributed by atoms with van der Waals surface area (Å²) in [6, 6.07) is 2.02. The summed E-state index contributed by atoms with van der Waals surface area (Å²) in [5, 5.41) is 16.8. The zero-order chi connectivity index (χ0) is 9.68. The Morgan fingerprint density at radius 3 is 3.08 bits per heavy atom. The van der Waals surface area contributed by atoms with Gasteiger partial charge in [-0.25, -0.2) is 9.78 Å². The fraction of sp³-hybridized carbons (Fsp3) is 0.375. The summed E-state index contributed by atoms with van der Waals surface area (Å²) in [7, 11) is 0. The molecule has 0 bridgehead atoms. The zero-order valence-corrected chi connectivity index (χ0v) is 6.97. The molecule has 0 radical (unpaired) electrons. The summed E-state index contributed by atoms with van der Waals surface area (Å²) in [4.78, 5) is 14.1. The van der Waals surface area contributed by atoms with Crippen molar-refractivity contribution in [3.63, 3.8) is 0 Å². The molecule has 13 heavy (non-hydrogen) atoms. The first-order valence-corrected chi connectivity index (χ1v) is 3.86. The highest BCUT2D eigenvalue weighted by Crippen LogP contribution is 1.98. The van der Waals surface area contributed by atoms with E-state index in [-0.39, 0.29) is 5.69 Å². The van der Waals surface area contributed by atoms with Crippen LogP contribution in [0.2, 0.25) is 0 Å². The Bertz CT molecular complexity index is 337. The van der Waals surface area contributed by atoms with Crippen molar-refractivity contribution < 1.29 is 9.90 Å². The summed E-state index contributed by atoms with van der Waals surface area (Å²) < 4.78 is 1.67. The Morgan fingerprint density at radius 2 is 2.54 bits per heavy atom. The van der Waals surface area contributed by atoms with E-state index >= 15 is 0 Å². The lowest BCUT2D eigenvalue weighted by molar-refractivity contribution is 0.0691. The van der Waals surface area contributed by atoms with E-state index in [9.17, 15) is 4.79 Å². The molecule has 0 spiro atoms. The molecule has 1 N–H and O–H groups in total. The molecule has 0 aliphatic heterocycles. The SMILES string of the molecule is N#CCCCn1cnc(C(=O)O)c1. The molecule has 1 aromatic rings. The van der Waals surface area contributed by atoms with Gasteiger partial charge in [0.25, 0.3) is 0 Å². The lowest BCUT2D eigenvalue weighted by Crippen LogP contribution is -1.97. The molecule has 0 fully saturated rings. The van der Waals surface area contributed by atoms with Crippen LogP contribution >= 0.6 is 0 Å². The van der Waals surface area contributed by atoms with Crippen LogP contribution < -0.4 is 0 Å². The number of rotatable bonds is 4. The molecule has 1 aromatic heterocycles. The number of carboxylic acids is 1. The van der Waals surface area contributed by atoms with Gasteiger partial charge in [-0.2, -0.15) is 5.26 Å². The van der Waals surface area contributed by atoms with Crippen LogP contribution in [0.4, 0.5) is 0 Å². The highest BCUT2D eigenvalue weighted by atomic mass is 16.4. The second-order valence-corrected chi connectivity index (χ2v) is 2.56. The van der Waals surface area contributed by atoms with Gasteiger partial charge in [0.1, 0.15) is 0 Å². The molecular weight excluding hydrogens is 170 g/mol. The second kappa shape index (κ2) is 4.26. The van der Waals surface area contributed by atoms with E-state index < -0.39 is 5.97 Å². The van der Waals surface area contributed by atoms with Crippen molar-refractivity contribution in [2.24, 2.45) is 0 Å². The molecule has 68 valence electrons. The van der Waals surface area contributed by atoms with Crippen LogP contribution in [0.3, 0.4) is 0 Å². The number of aromatic nitrogens is 2. The van der Waals surface area contributed by atoms with Gasteiger partial charge < -0.3 is 9.67 Å². The van der Waals surface area contributed by atoms with Crippen LogP contribution in [-0.4, -0.2) is 20.6 Å². The monoisotopic (exact) mass is 179 g/mol. The molecule has 0 unspecified atom stereocenters. The average Bonchev–Trinajstić information content (AvgIpc) is 2.53. The maximum Gasteiger partial charge on any atom is 0.356 e. The summed E-state index contributed by atoms with van der Waals surface area (Å²) in [5.41, 5.74) is 0.0388. The Kier molecular flexibility index (Phi) is 3.03. The summed E-state index contributed by atoms with van der Waals surface area (Å²) in [5.74, 6) is -1.03. The standard InChI is InChI=1S/C8H9N3O2/c9-3-1-2-4-11-5-7(8(12)13)10-6-11/h5-6H,1-2,4H2,(H,12,13). The summed E-state index contributed by atoms with van der Waals surface area (Å²) >= 11 is 0. The van der Waals surface area contributed by atoms with E-state index in [0.29, 0.717) is 19.4 Å². The Hall–Kier alpha value is -1.83. The van der Waals surface area contributed by atoms with E-state index in [2.05, 4.69) is 4.98 Å². The Balaban J connectivity index is 2.50. The minimum Gasteiger partial charge on any atom is -0.476 e. The first-order valence-electron chi connectivity index (χ1n) is 3.86. The predicted octanol–water partition coefficient (Wildman–Crippen LogP) is 0.885. The van der Waals surface area contributed by atoms with Crippen LogP contribution in [0.5, 0.6) is 0 Å². The van der Waals surface area contributed by atoms with Crippen molar-refractivity contribution in [3.8, 4) is 6.07 Å². The molecule has 0 aliphatic carbocycles. The van der Waals surface area contributed by atoms with Gasteiger partial charge in [-0.3, -0.25) is 0 Å². The van der Waals surface area contributed by atoms with Gasteiger partial charge in [-0.1, -0.05) is 0 Å². The third-order valence-electron chi connectivity index (χ3n) is 1.56. The number of hydrogen-bond donors (Lipinski definition) is 1. The number of carbonyl (C=O) groups is 1. The first-order chi connectivity index (χ1) is 6.24. The Labute approximate surface area is 75.2 Å². The molecule has 0 saturated carbocycles. The number of nitrogens with zero attached hydrogens (tertiary/aromatic N) is 3. The maximum atomic E-state index is 10.4. The van der Waals surface area contributed by atoms with Gasteiger partial charge in [-0.15, -0.1) is 0 Å². The molecule has 0 atom stereocenters. The zero-order valence-electron chi connectivity index (χ0n) is 6.97. The van der Waals surface area contributed by atoms with Crippen molar-refractivity contribution in [2.45, 2.75) is 19.4 Å². The number of carboxylic acid groups (broad SMARTS) is 1. The van der Waals surface area contributed by atoms with Crippen molar-refractivity contribution in [1.29, 1.82) is 5.26 Å². The third-order valence-corrected chi connectivity index (χ3v) is 1.56. The normalized spacial score (nSPS) is 9.46. The second-order valence-electron chi connectivity index (χ2n) is 2.56. The number of unbranched alkanes of at least 4 members (excludes halogenated alkanes) is 1. The van der Waals surface area contributed by atoms with Gasteiger partial charge in [0.15, 0.2) is 5.69 Å². The van der Waals surface area contributed by atoms with Crippen LogP contribution in [0, 0.1) is 11.3 Å². The molecule has 0 saturated heterocycles. The van der Waals surface area contributed by atoms with Crippen molar-refractivity contribution in [3.05, 3.63) is 18.2 Å². The van der Waals surface area contributed by atoms with Gasteiger partial charge in [0, 0.05) is 19.2 Å². The Morgan fingerprint density at radius 1 is 1.77 bits per heavy atom. The molecule has 0 aromatic carbocycles. The van der Waals surface area contributed by atoms with Crippen molar-refractivity contribution in [1.82, 2.24) is 9.55 Å². The molecule has 1 heterocycles. The highest BCUT2D eigenvalue weighted by molar-refractivity contribution is 5.84. The van der Waals surface area contributed by atoms with E-state index in [1.807, 2.05) is 6.07 Å². The molecular formula is C8H9N3O2. The van der Waals surface area contributed by atoms with Crippen LogP contribution in [0.1, 0.15) is 23.3 Å². The smallest absolute Gasteiger partial charge is 0.356 e. The summed E-state index contributed by atoms with van der Waals surface area (Å²) in [6.07, 6.45) is 4.10. The van der Waals surface area contributed by atoms with Crippen LogP contribution in [-0.2, 0) is 6.54 Å². The molecule has 5 nitrogen and oxygen atoms in total. The highest BCUT2D eigenvalue weighted by Gasteiger charge is 2.05. The molecule has 1 rings (SSSR count). The number of imidazole rings is 1. The molecule has 0 aliphatic rings. The number of hydrogen-bond acceptors (Lipinski definition) is 3. The van der Waals surface area contributed by atoms with Gasteiger partial charge in [0.2, 0.25) is 0 Å². The minimum absolute atomic E-state index is 0.0388. The fourth-order valence-corrected chi connectivity index (χ4v) is 0.934. The van der Waals surface area contributed by atoms with Gasteiger partial charge in [0.05, 0.1) is 12.4 Å². The predicted molar refractivity (Wildman–Crippen MR) is 44.0 cm³/mol. The number of nitriles is 1. The van der Waals surface area contributed by atoms with E-state index in [1.165, 1.54) is 12.5 Å². The fourth-order valence-electron chi connectivity index (χ4n) is 0.934. The van der Waals surface area contributed by atoms with E-state index in [4.69, 9.17) is 10.4 Å². The maximum absolute atomic E-state index is 10.4. The largest absolute Gasteiger partial charge is 0.476 e. The van der Waals surface area contributed by atoms with E-state index in [0.717, 1.165) is 0 Å². The summed E-state index contributed by atoms with van der Waals surface area (Å²) in [6.45, 7) is 0.633. The molecule has 5 heteroatoms. The lowest BCUT2D eigenvalue weighted by Gasteiger charge is -1.96. The topological polar surface area (TPSA) is 78.9 Å². The molecule has 0 amide bonds. The lowest BCUT2D eigenvalue weighted by atomic mass is 10.3. The van der Waals surface area contributed by atoms with E-state index in [1.54, 1.807) is 4.57 Å². The third kappa shape index (κ3) is 2.60. The number of aryl methyl sites for hydroxylation is 1. The quantitative estimate of drug-likeness (QED) is 0.696. The van der Waals surface area contributed by atoms with Crippen LogP contribution in [0.15, 0.2) is 12.5 Å². The van der Waals surface area contributed by atoms with Gasteiger partial charge >= 0.3 is 5.97 Å². The van der Waals surface area contributed by atoms with Crippen LogP contribution in [0.25, 0.3) is 0 Å². The van der Waals surface area contributed by atoms with Gasteiger partial charge in [-0.05, 0) is 6.42 Å². The number of aromatic carboxylic acids is 1. The first kappa shape index (κ1) is 9.26. The minimum atomic E-state index is -1.03. The average molecular weight is 179 g/mol. The van der Waals surface area contributed by atoms with Crippen molar-refractivity contribution in [2.75, 3.05) is 0 Å². The van der Waals surface area contributed by atoms with Crippen molar-refractivity contribution >= 4 is 5.97 Å².